The van der Waals surface area contributed by atoms with E-state index in [1.807, 2.05) is 20.8 Å². The molecule has 4 N–H and O–H groups in total. The zero-order valence-corrected chi connectivity index (χ0v) is 25.8. The lowest BCUT2D eigenvalue weighted by atomic mass is 9.85. The molecule has 3 amide bonds. The van der Waals surface area contributed by atoms with Crippen molar-refractivity contribution in [3.05, 3.63) is 53.9 Å². The van der Waals surface area contributed by atoms with Gasteiger partial charge in [0.2, 0.25) is 17.7 Å². The van der Waals surface area contributed by atoms with Gasteiger partial charge in [0.05, 0.1) is 24.4 Å². The van der Waals surface area contributed by atoms with Crippen LogP contribution in [0.4, 0.5) is 20.3 Å². The highest BCUT2D eigenvalue weighted by Gasteiger charge is 2.42. The van der Waals surface area contributed by atoms with Crippen molar-refractivity contribution in [1.82, 2.24) is 25.5 Å². The van der Waals surface area contributed by atoms with Crippen LogP contribution in [0.5, 0.6) is 5.75 Å². The first-order valence-electron chi connectivity index (χ1n) is 14.4. The van der Waals surface area contributed by atoms with E-state index in [0.717, 1.165) is 6.07 Å². The first-order chi connectivity index (χ1) is 20.8. The Morgan fingerprint density at radius 3 is 2.55 bits per heavy atom. The molecule has 13 heteroatoms. The summed E-state index contributed by atoms with van der Waals surface area (Å²) >= 11 is 0. The highest BCUT2D eigenvalue weighted by atomic mass is 19.1. The van der Waals surface area contributed by atoms with E-state index in [4.69, 9.17) is 4.74 Å². The molecule has 2 aromatic carbocycles. The molecule has 236 valence electrons. The molecule has 1 aromatic heterocycles. The Bertz CT molecular complexity index is 1550. The highest BCUT2D eigenvalue weighted by molar-refractivity contribution is 6.02. The van der Waals surface area contributed by atoms with Gasteiger partial charge in [-0.05, 0) is 44.4 Å². The second-order valence-corrected chi connectivity index (χ2v) is 11.9. The molecule has 0 radical (unpaired) electrons. The summed E-state index contributed by atoms with van der Waals surface area (Å²) < 4.78 is 33.1. The number of nitrogens with zero attached hydrogens (tertiary/aromatic N) is 3. The molecule has 3 atom stereocenters. The second kappa shape index (κ2) is 13.5. The summed E-state index contributed by atoms with van der Waals surface area (Å²) in [5.41, 5.74) is 0.482. The lowest BCUT2D eigenvalue weighted by Gasteiger charge is -2.36. The third-order valence-corrected chi connectivity index (χ3v) is 7.74. The van der Waals surface area contributed by atoms with Crippen molar-refractivity contribution in [3.8, 4) is 5.75 Å². The number of ether oxygens (including phenoxy) is 1. The van der Waals surface area contributed by atoms with Gasteiger partial charge in [-0.15, -0.1) is 0 Å². The van der Waals surface area contributed by atoms with Crippen LogP contribution in [-0.4, -0.2) is 71.4 Å². The maximum Gasteiger partial charge on any atom is 0.247 e. The number of likely N-dealkylation sites (tertiary alicyclic amines) is 1. The van der Waals surface area contributed by atoms with Crippen LogP contribution >= 0.6 is 0 Å². The first kappa shape index (κ1) is 32.5. The highest BCUT2D eigenvalue weighted by Crippen LogP contribution is 2.33. The van der Waals surface area contributed by atoms with E-state index in [2.05, 4.69) is 31.2 Å². The number of rotatable bonds is 10. The topological polar surface area (TPSA) is 138 Å². The van der Waals surface area contributed by atoms with Gasteiger partial charge >= 0.3 is 0 Å². The number of benzene rings is 2. The van der Waals surface area contributed by atoms with Gasteiger partial charge in [0.25, 0.3) is 0 Å². The minimum atomic E-state index is -0.842. The number of aromatic nitrogens is 2. The van der Waals surface area contributed by atoms with Crippen LogP contribution < -0.4 is 26.0 Å². The van der Waals surface area contributed by atoms with Gasteiger partial charge in [0.1, 0.15) is 41.6 Å². The summed E-state index contributed by atoms with van der Waals surface area (Å²) in [6, 6.07) is 4.52. The number of likely N-dealkylation sites (N-methyl/N-ethyl adjacent to an activating group) is 1. The molecule has 3 aromatic rings. The number of anilines is 2. The maximum absolute atomic E-state index is 14.2. The van der Waals surface area contributed by atoms with Crippen LogP contribution in [-0.2, 0) is 20.9 Å². The Kier molecular flexibility index (Phi) is 9.98. The van der Waals surface area contributed by atoms with Crippen LogP contribution in [0.1, 0.15) is 46.1 Å². The van der Waals surface area contributed by atoms with E-state index in [1.165, 1.54) is 30.5 Å². The van der Waals surface area contributed by atoms with Gasteiger partial charge in [-0.1, -0.05) is 26.8 Å². The summed E-state index contributed by atoms with van der Waals surface area (Å²) in [4.78, 5) is 50.2. The van der Waals surface area contributed by atoms with E-state index >= 15 is 0 Å². The number of nitrogens with one attached hydrogen (secondary N) is 4. The summed E-state index contributed by atoms with van der Waals surface area (Å²) in [7, 11) is 3.12. The Balaban J connectivity index is 1.57. The van der Waals surface area contributed by atoms with Crippen molar-refractivity contribution in [2.24, 2.45) is 5.41 Å². The molecule has 11 nitrogen and oxygen atoms in total. The molecular formula is C31H39F2N7O4. The van der Waals surface area contributed by atoms with Gasteiger partial charge in [-0.2, -0.15) is 0 Å². The summed E-state index contributed by atoms with van der Waals surface area (Å²) in [6.45, 7) is 7.70. The molecule has 0 saturated carbocycles. The lowest BCUT2D eigenvalue weighted by molar-refractivity contribution is -0.143. The van der Waals surface area contributed by atoms with Crippen molar-refractivity contribution < 1.29 is 27.9 Å². The number of carbonyl (C=O) groups excluding carboxylic acids is 3. The van der Waals surface area contributed by atoms with Gasteiger partial charge < -0.3 is 30.9 Å². The fraction of sp³-hybridized carbons (Fsp3) is 0.452. The molecule has 1 aliphatic heterocycles. The van der Waals surface area contributed by atoms with E-state index in [1.54, 1.807) is 26.1 Å². The zero-order valence-electron chi connectivity index (χ0n) is 25.8. The van der Waals surface area contributed by atoms with Crippen LogP contribution in [0, 0.1) is 17.0 Å². The Morgan fingerprint density at radius 2 is 1.89 bits per heavy atom. The smallest absolute Gasteiger partial charge is 0.247 e. The Labute approximate surface area is 255 Å². The molecule has 4 rings (SSSR count). The van der Waals surface area contributed by atoms with Crippen molar-refractivity contribution in [3.63, 3.8) is 0 Å². The van der Waals surface area contributed by atoms with Crippen LogP contribution in [0.3, 0.4) is 0 Å². The Hall–Kier alpha value is -4.39. The molecule has 0 bridgehead atoms. The normalized spacial score (nSPS) is 16.4. The van der Waals surface area contributed by atoms with E-state index in [9.17, 15) is 23.2 Å². The molecule has 0 spiro atoms. The molecular weight excluding hydrogens is 572 g/mol. The molecule has 0 aliphatic carbocycles. The van der Waals surface area contributed by atoms with Gasteiger partial charge in [0.15, 0.2) is 0 Å². The van der Waals surface area contributed by atoms with E-state index in [0.29, 0.717) is 47.5 Å². The zero-order chi connectivity index (χ0) is 32.2. The summed E-state index contributed by atoms with van der Waals surface area (Å²) in [5.74, 6) is -1.69. The molecule has 44 heavy (non-hydrogen) atoms. The van der Waals surface area contributed by atoms with Gasteiger partial charge in [-0.25, -0.2) is 18.7 Å². The number of amides is 3. The third-order valence-electron chi connectivity index (χ3n) is 7.74. The fourth-order valence-electron chi connectivity index (χ4n) is 5.07. The van der Waals surface area contributed by atoms with Crippen molar-refractivity contribution in [2.75, 3.05) is 31.3 Å². The van der Waals surface area contributed by atoms with E-state index < -0.39 is 41.1 Å². The predicted octanol–water partition coefficient (Wildman–Crippen LogP) is 3.60. The average Bonchev–Trinajstić information content (AvgIpc) is 3.48. The van der Waals surface area contributed by atoms with Crippen LogP contribution in [0.25, 0.3) is 10.9 Å². The number of hydrogen-bond acceptors (Lipinski definition) is 8. The lowest BCUT2D eigenvalue weighted by Crippen LogP contribution is -2.59. The fourth-order valence-corrected chi connectivity index (χ4v) is 5.07. The number of methoxy groups -OCH3 is 1. The number of fused-ring (bicyclic) bond motifs is 1. The average molecular weight is 612 g/mol. The van der Waals surface area contributed by atoms with Crippen molar-refractivity contribution in [2.45, 2.75) is 65.2 Å². The quantitative estimate of drug-likeness (QED) is 0.273. The SMILES string of the molecule is CNC(C)C(=O)NC(C(=O)N1CCCC1C(=O)Nc1cc2c(NCc3ccc(F)cc3F)ncnc2cc1OC)C(C)(C)C. The summed E-state index contributed by atoms with van der Waals surface area (Å²) in [6.07, 6.45) is 2.41. The number of hydrogen-bond donors (Lipinski definition) is 4. The minimum absolute atomic E-state index is 0.0314. The Morgan fingerprint density at radius 1 is 1.14 bits per heavy atom. The van der Waals surface area contributed by atoms with Gasteiger partial charge in [-0.3, -0.25) is 14.4 Å². The molecule has 2 heterocycles. The van der Waals surface area contributed by atoms with E-state index in [-0.39, 0.29) is 23.9 Å². The molecule has 3 unspecified atom stereocenters. The monoisotopic (exact) mass is 611 g/mol. The second-order valence-electron chi connectivity index (χ2n) is 11.9. The van der Waals surface area contributed by atoms with Crippen LogP contribution in [0.15, 0.2) is 36.7 Å². The summed E-state index contributed by atoms with van der Waals surface area (Å²) in [5, 5.41) is 12.2. The first-order valence-corrected chi connectivity index (χ1v) is 14.4. The van der Waals surface area contributed by atoms with Gasteiger partial charge in [0, 0.05) is 36.2 Å². The number of carbonyl (C=O) groups is 3. The molecule has 1 fully saturated rings. The van der Waals surface area contributed by atoms with Crippen molar-refractivity contribution in [1.29, 1.82) is 0 Å². The third kappa shape index (κ3) is 7.21. The largest absolute Gasteiger partial charge is 0.494 e. The van der Waals surface area contributed by atoms with Crippen molar-refractivity contribution >= 4 is 40.1 Å². The molecule has 1 saturated heterocycles. The standard InChI is InChI=1S/C31H39F2N7O4/c1-17(34-5)28(41)39-26(31(2,3)4)30(43)40-11-7-8-24(40)29(42)38-23-13-20-22(14-25(23)44-6)36-16-37-27(20)35-15-18-9-10-19(32)12-21(18)33/h9-10,12-14,16-17,24,26,34H,7-8,11,15H2,1-6H3,(H,38,42)(H,39,41)(H,35,36,37). The maximum atomic E-state index is 14.2. The van der Waals surface area contributed by atoms with Crippen LogP contribution in [0.2, 0.25) is 0 Å². The predicted molar refractivity (Wildman–Crippen MR) is 163 cm³/mol. The minimum Gasteiger partial charge on any atom is -0.494 e. The number of halogens is 2. The molecule has 1 aliphatic rings.